The maximum Gasteiger partial charge on any atom is 0.0585 e. The van der Waals surface area contributed by atoms with Gasteiger partial charge in [-0.05, 0) is 23.6 Å². The fraction of sp³-hybridized carbons (Fsp3) is 0.200. The third-order valence-electron chi connectivity index (χ3n) is 3.38. The summed E-state index contributed by atoms with van der Waals surface area (Å²) in [4.78, 5) is 1.39. The van der Waals surface area contributed by atoms with Crippen molar-refractivity contribution in [3.05, 3.63) is 65.7 Å². The summed E-state index contributed by atoms with van der Waals surface area (Å²) in [7, 11) is 0. The zero-order valence-corrected chi connectivity index (χ0v) is 10.9. The van der Waals surface area contributed by atoms with E-state index in [0.717, 1.165) is 6.42 Å². The average Bonchev–Trinajstić information content (AvgIpc) is 2.84. The molecule has 2 unspecified atom stereocenters. The highest BCUT2D eigenvalue weighted by Crippen LogP contribution is 2.42. The molecule has 0 aromatic heterocycles. The predicted octanol–water partition coefficient (Wildman–Crippen LogP) is 2.91. The molecule has 0 aliphatic carbocycles. The Hall–Kier alpha value is -1.29. The number of thioether (sulfide) groups is 1. The van der Waals surface area contributed by atoms with Gasteiger partial charge in [0.25, 0.3) is 0 Å². The molecular weight excluding hydrogens is 240 g/mol. The molecule has 0 bridgehead atoms. The maximum absolute atomic E-state index is 5.76. The minimum Gasteiger partial charge on any atom is -0.271 e. The molecule has 1 heterocycles. The summed E-state index contributed by atoms with van der Waals surface area (Å²) < 4.78 is 0. The molecular formula is C15H16N2S. The molecule has 0 spiro atoms. The van der Waals surface area contributed by atoms with Gasteiger partial charge in [0.2, 0.25) is 0 Å². The van der Waals surface area contributed by atoms with Crippen LogP contribution in [-0.2, 0) is 6.42 Å². The number of benzene rings is 2. The molecule has 3 heteroatoms. The molecule has 1 aliphatic heterocycles. The monoisotopic (exact) mass is 256 g/mol. The third-order valence-corrected chi connectivity index (χ3v) is 4.78. The van der Waals surface area contributed by atoms with Gasteiger partial charge >= 0.3 is 0 Å². The lowest BCUT2D eigenvalue weighted by Gasteiger charge is -2.22. The normalized spacial score (nSPS) is 19.5. The summed E-state index contributed by atoms with van der Waals surface area (Å²) in [5.41, 5.74) is 5.66. The Morgan fingerprint density at radius 1 is 1.06 bits per heavy atom. The Morgan fingerprint density at radius 3 is 2.50 bits per heavy atom. The molecule has 2 nitrogen and oxygen atoms in total. The van der Waals surface area contributed by atoms with E-state index in [-0.39, 0.29) is 6.04 Å². The fourth-order valence-corrected chi connectivity index (χ4v) is 3.89. The molecule has 92 valence electrons. The van der Waals surface area contributed by atoms with E-state index in [1.54, 1.807) is 0 Å². The first-order chi connectivity index (χ1) is 8.88. The lowest BCUT2D eigenvalue weighted by molar-refractivity contribution is 0.533. The summed E-state index contributed by atoms with van der Waals surface area (Å²) in [6.45, 7) is 0. The lowest BCUT2D eigenvalue weighted by atomic mass is 9.99. The van der Waals surface area contributed by atoms with Gasteiger partial charge in [0.05, 0.1) is 6.04 Å². The van der Waals surface area contributed by atoms with Crippen LogP contribution in [-0.4, -0.2) is 5.25 Å². The van der Waals surface area contributed by atoms with E-state index in [4.69, 9.17) is 5.84 Å². The Balaban J connectivity index is 1.84. The molecule has 0 amide bonds. The highest BCUT2D eigenvalue weighted by molar-refractivity contribution is 8.00. The Kier molecular flexibility index (Phi) is 3.37. The van der Waals surface area contributed by atoms with Crippen LogP contribution in [0, 0.1) is 0 Å². The van der Waals surface area contributed by atoms with E-state index >= 15 is 0 Å². The van der Waals surface area contributed by atoms with Crippen molar-refractivity contribution in [1.82, 2.24) is 5.43 Å². The first kappa shape index (κ1) is 11.8. The fourth-order valence-electron chi connectivity index (χ4n) is 2.47. The van der Waals surface area contributed by atoms with Gasteiger partial charge in [-0.15, -0.1) is 11.8 Å². The van der Waals surface area contributed by atoms with Crippen LogP contribution in [0.25, 0.3) is 0 Å². The number of rotatable bonds is 3. The van der Waals surface area contributed by atoms with Crippen LogP contribution >= 0.6 is 11.8 Å². The highest BCUT2D eigenvalue weighted by Gasteiger charge is 2.29. The van der Waals surface area contributed by atoms with Crippen LogP contribution in [0.15, 0.2) is 59.5 Å². The second kappa shape index (κ2) is 5.14. The summed E-state index contributed by atoms with van der Waals surface area (Å²) >= 11 is 1.92. The topological polar surface area (TPSA) is 38.0 Å². The largest absolute Gasteiger partial charge is 0.271 e. The van der Waals surface area contributed by atoms with Crippen molar-refractivity contribution in [1.29, 1.82) is 0 Å². The van der Waals surface area contributed by atoms with Gasteiger partial charge < -0.3 is 0 Å². The predicted molar refractivity (Wildman–Crippen MR) is 76.3 cm³/mol. The Bertz CT molecular complexity index is 502. The van der Waals surface area contributed by atoms with Gasteiger partial charge in [-0.25, -0.2) is 0 Å². The number of hydrazine groups is 1. The molecule has 0 radical (unpaired) electrons. The zero-order valence-electron chi connectivity index (χ0n) is 10.0. The molecule has 2 atom stereocenters. The Morgan fingerprint density at radius 2 is 1.78 bits per heavy atom. The maximum atomic E-state index is 5.76. The second-order valence-electron chi connectivity index (χ2n) is 4.52. The van der Waals surface area contributed by atoms with E-state index < -0.39 is 0 Å². The quantitative estimate of drug-likeness (QED) is 0.655. The smallest absolute Gasteiger partial charge is 0.0585 e. The summed E-state index contributed by atoms with van der Waals surface area (Å²) in [5, 5.41) is 0.467. The van der Waals surface area contributed by atoms with E-state index in [1.165, 1.54) is 16.0 Å². The molecule has 2 aromatic carbocycles. The van der Waals surface area contributed by atoms with Gasteiger partial charge in [0.1, 0.15) is 0 Å². The molecule has 0 saturated carbocycles. The number of hydrogen-bond acceptors (Lipinski definition) is 3. The van der Waals surface area contributed by atoms with Crippen LogP contribution in [0.4, 0.5) is 0 Å². The lowest BCUT2D eigenvalue weighted by Crippen LogP contribution is -2.35. The van der Waals surface area contributed by atoms with Crippen LogP contribution in [0.5, 0.6) is 0 Å². The number of hydrogen-bond donors (Lipinski definition) is 2. The minimum absolute atomic E-state index is 0.198. The molecule has 3 rings (SSSR count). The van der Waals surface area contributed by atoms with Gasteiger partial charge in [-0.2, -0.15) is 0 Å². The minimum atomic E-state index is 0.198. The van der Waals surface area contributed by atoms with E-state index in [1.807, 2.05) is 17.8 Å². The van der Waals surface area contributed by atoms with E-state index in [2.05, 4.69) is 54.0 Å². The van der Waals surface area contributed by atoms with Gasteiger partial charge in [-0.3, -0.25) is 11.3 Å². The zero-order chi connectivity index (χ0) is 12.4. The molecule has 18 heavy (non-hydrogen) atoms. The molecule has 3 N–H and O–H groups in total. The van der Waals surface area contributed by atoms with Crippen molar-refractivity contribution in [2.24, 2.45) is 5.84 Å². The van der Waals surface area contributed by atoms with Crippen LogP contribution in [0.3, 0.4) is 0 Å². The molecule has 0 saturated heterocycles. The summed E-state index contributed by atoms with van der Waals surface area (Å²) in [5.74, 6) is 5.76. The van der Waals surface area contributed by atoms with Gasteiger partial charge in [0.15, 0.2) is 0 Å². The average molecular weight is 256 g/mol. The van der Waals surface area contributed by atoms with Crippen LogP contribution < -0.4 is 11.3 Å². The molecule has 2 aromatic rings. The van der Waals surface area contributed by atoms with Gasteiger partial charge in [0, 0.05) is 10.1 Å². The van der Waals surface area contributed by atoms with Crippen molar-refractivity contribution >= 4 is 11.8 Å². The number of nitrogens with two attached hydrogens (primary N) is 1. The van der Waals surface area contributed by atoms with Gasteiger partial charge in [-0.1, -0.05) is 48.5 Å². The third kappa shape index (κ3) is 2.17. The number of nitrogens with one attached hydrogen (secondary N) is 1. The first-order valence-electron chi connectivity index (χ1n) is 6.14. The van der Waals surface area contributed by atoms with Crippen molar-refractivity contribution in [3.63, 3.8) is 0 Å². The van der Waals surface area contributed by atoms with Crippen molar-refractivity contribution in [3.8, 4) is 0 Å². The van der Waals surface area contributed by atoms with Crippen molar-refractivity contribution in [2.45, 2.75) is 22.6 Å². The summed E-state index contributed by atoms with van der Waals surface area (Å²) in [6.07, 6.45) is 1.07. The first-order valence-corrected chi connectivity index (χ1v) is 7.02. The SMILES string of the molecule is NNC(c1ccccc1)C1Cc2ccccc2S1. The second-order valence-corrected chi connectivity index (χ2v) is 5.80. The van der Waals surface area contributed by atoms with Crippen molar-refractivity contribution in [2.75, 3.05) is 0 Å². The standard InChI is InChI=1S/C15H16N2S/c16-17-15(11-6-2-1-3-7-11)14-10-12-8-4-5-9-13(12)18-14/h1-9,14-15,17H,10,16H2. The van der Waals surface area contributed by atoms with Crippen LogP contribution in [0.1, 0.15) is 17.2 Å². The van der Waals surface area contributed by atoms with Crippen LogP contribution in [0.2, 0.25) is 0 Å². The molecule has 1 aliphatic rings. The molecule has 0 fully saturated rings. The van der Waals surface area contributed by atoms with E-state index in [0.29, 0.717) is 5.25 Å². The highest BCUT2D eigenvalue weighted by atomic mass is 32.2. The summed E-state index contributed by atoms with van der Waals surface area (Å²) in [6, 6.07) is 19.2. The number of fused-ring (bicyclic) bond motifs is 1. The van der Waals surface area contributed by atoms with E-state index in [9.17, 15) is 0 Å². The van der Waals surface area contributed by atoms with Crippen molar-refractivity contribution < 1.29 is 0 Å². The Labute approximate surface area is 112 Å².